The standard InChI is InChI=1S/C17H27N3O5S.ClH/c1-14-3-4-15(26(22,23)20-8-11-25-12-9-20)13-16(14)17(21)19-6-5-18-7-10-24-2;/h3-4,13,18H,5-12H2,1-2H3,(H,19,21);1H. The first-order valence-corrected chi connectivity index (χ1v) is 10.1. The molecule has 27 heavy (non-hydrogen) atoms. The van der Waals surface area contributed by atoms with E-state index in [0.717, 1.165) is 5.56 Å². The highest BCUT2D eigenvalue weighted by Crippen LogP contribution is 2.20. The summed E-state index contributed by atoms with van der Waals surface area (Å²) in [4.78, 5) is 12.6. The predicted octanol–water partition coefficient (Wildman–Crippen LogP) is 0.404. The molecule has 0 radical (unpaired) electrons. The minimum atomic E-state index is -3.62. The predicted molar refractivity (Wildman–Crippen MR) is 105 cm³/mol. The van der Waals surface area contributed by atoms with E-state index in [1.807, 2.05) is 0 Å². The van der Waals surface area contributed by atoms with E-state index in [9.17, 15) is 13.2 Å². The summed E-state index contributed by atoms with van der Waals surface area (Å²) in [6.45, 7) is 5.57. The Morgan fingerprint density at radius 3 is 2.59 bits per heavy atom. The largest absolute Gasteiger partial charge is 0.383 e. The van der Waals surface area contributed by atoms with Gasteiger partial charge in [0.05, 0.1) is 24.7 Å². The Labute approximate surface area is 167 Å². The molecule has 1 saturated heterocycles. The first-order valence-electron chi connectivity index (χ1n) is 8.63. The molecule has 0 aliphatic carbocycles. The first kappa shape index (κ1) is 23.8. The maximum Gasteiger partial charge on any atom is 0.251 e. The first-order chi connectivity index (χ1) is 12.5. The number of hydrogen-bond donors (Lipinski definition) is 2. The fraction of sp³-hybridized carbons (Fsp3) is 0.588. The highest BCUT2D eigenvalue weighted by molar-refractivity contribution is 7.89. The normalized spacial score (nSPS) is 15.2. The van der Waals surface area contributed by atoms with Crippen LogP contribution < -0.4 is 10.6 Å². The zero-order valence-electron chi connectivity index (χ0n) is 15.7. The Morgan fingerprint density at radius 1 is 1.22 bits per heavy atom. The van der Waals surface area contributed by atoms with Gasteiger partial charge in [-0.1, -0.05) is 6.07 Å². The van der Waals surface area contributed by atoms with Gasteiger partial charge in [-0.3, -0.25) is 4.79 Å². The van der Waals surface area contributed by atoms with Gasteiger partial charge in [-0.25, -0.2) is 8.42 Å². The molecule has 0 unspecified atom stereocenters. The molecule has 0 bridgehead atoms. The van der Waals surface area contributed by atoms with Crippen LogP contribution in [0.25, 0.3) is 0 Å². The maximum atomic E-state index is 12.8. The van der Waals surface area contributed by atoms with E-state index in [4.69, 9.17) is 9.47 Å². The van der Waals surface area contributed by atoms with Crippen molar-refractivity contribution in [3.63, 3.8) is 0 Å². The number of carbonyl (C=O) groups is 1. The number of hydrogen-bond acceptors (Lipinski definition) is 6. The number of morpholine rings is 1. The summed E-state index contributed by atoms with van der Waals surface area (Å²) >= 11 is 0. The van der Waals surface area contributed by atoms with Crippen LogP contribution in [0.4, 0.5) is 0 Å². The molecule has 2 N–H and O–H groups in total. The van der Waals surface area contributed by atoms with Gasteiger partial charge in [-0.15, -0.1) is 12.4 Å². The van der Waals surface area contributed by atoms with E-state index in [2.05, 4.69) is 10.6 Å². The number of aryl methyl sites for hydroxylation is 1. The van der Waals surface area contributed by atoms with Gasteiger partial charge in [0.15, 0.2) is 0 Å². The van der Waals surface area contributed by atoms with Gasteiger partial charge in [0.1, 0.15) is 0 Å². The molecule has 1 aromatic carbocycles. The lowest BCUT2D eigenvalue weighted by atomic mass is 10.1. The number of benzene rings is 1. The Balaban J connectivity index is 0.00000364. The summed E-state index contributed by atoms with van der Waals surface area (Å²) in [7, 11) is -1.99. The Bertz CT molecular complexity index is 709. The molecule has 1 heterocycles. The topological polar surface area (TPSA) is 97.0 Å². The molecule has 1 aliphatic heterocycles. The molecule has 1 aromatic rings. The second kappa shape index (κ2) is 11.6. The minimum Gasteiger partial charge on any atom is -0.383 e. The molecule has 1 fully saturated rings. The Hall–Kier alpha value is -1.23. The van der Waals surface area contributed by atoms with Crippen LogP contribution in [0.1, 0.15) is 15.9 Å². The lowest BCUT2D eigenvalue weighted by Gasteiger charge is -2.26. The molecular weight excluding hydrogens is 394 g/mol. The van der Waals surface area contributed by atoms with Gasteiger partial charge in [-0.05, 0) is 24.6 Å². The van der Waals surface area contributed by atoms with Crippen LogP contribution in [0.15, 0.2) is 23.1 Å². The number of carbonyl (C=O) groups excluding carboxylic acids is 1. The smallest absolute Gasteiger partial charge is 0.251 e. The van der Waals surface area contributed by atoms with Crippen molar-refractivity contribution in [3.8, 4) is 0 Å². The van der Waals surface area contributed by atoms with Crippen molar-refractivity contribution in [1.29, 1.82) is 0 Å². The molecule has 0 aromatic heterocycles. The number of methoxy groups -OCH3 is 1. The number of nitrogens with zero attached hydrogens (tertiary/aromatic N) is 1. The number of nitrogens with one attached hydrogen (secondary N) is 2. The number of amides is 1. The van der Waals surface area contributed by atoms with E-state index >= 15 is 0 Å². The SMILES string of the molecule is COCCNCCNC(=O)c1cc(S(=O)(=O)N2CCOCC2)ccc1C.Cl. The third-order valence-electron chi connectivity index (χ3n) is 4.13. The summed E-state index contributed by atoms with van der Waals surface area (Å²) in [5.41, 5.74) is 1.10. The van der Waals surface area contributed by atoms with Gasteiger partial charge in [0.25, 0.3) is 5.91 Å². The van der Waals surface area contributed by atoms with E-state index in [0.29, 0.717) is 58.1 Å². The van der Waals surface area contributed by atoms with Gasteiger partial charge >= 0.3 is 0 Å². The van der Waals surface area contributed by atoms with E-state index in [-0.39, 0.29) is 23.2 Å². The Kier molecular flexibility index (Phi) is 10.2. The van der Waals surface area contributed by atoms with Crippen LogP contribution in [0, 0.1) is 6.92 Å². The van der Waals surface area contributed by atoms with Crippen LogP contribution in [-0.4, -0.2) is 78.3 Å². The van der Waals surface area contributed by atoms with E-state index in [1.165, 1.54) is 10.4 Å². The van der Waals surface area contributed by atoms with Gasteiger partial charge in [0, 0.05) is 45.4 Å². The molecule has 8 nitrogen and oxygen atoms in total. The van der Waals surface area contributed by atoms with Crippen LogP contribution in [0.3, 0.4) is 0 Å². The number of ether oxygens (including phenoxy) is 2. The minimum absolute atomic E-state index is 0. The van der Waals surface area contributed by atoms with Crippen molar-refractivity contribution in [2.24, 2.45) is 0 Å². The molecule has 0 spiro atoms. The summed E-state index contributed by atoms with van der Waals surface area (Å²) in [6, 6.07) is 4.66. The van der Waals surface area contributed by atoms with Gasteiger partial charge in [-0.2, -0.15) is 4.31 Å². The summed E-state index contributed by atoms with van der Waals surface area (Å²) < 4.78 is 37.0. The molecule has 0 saturated carbocycles. The zero-order valence-corrected chi connectivity index (χ0v) is 17.3. The summed E-state index contributed by atoms with van der Waals surface area (Å²) in [5, 5.41) is 5.94. The van der Waals surface area contributed by atoms with Crippen LogP contribution >= 0.6 is 12.4 Å². The quantitative estimate of drug-likeness (QED) is 0.560. The van der Waals surface area contributed by atoms with Crippen molar-refractivity contribution in [3.05, 3.63) is 29.3 Å². The number of sulfonamides is 1. The average molecular weight is 422 g/mol. The number of rotatable bonds is 9. The monoisotopic (exact) mass is 421 g/mol. The second-order valence-corrected chi connectivity index (χ2v) is 7.93. The van der Waals surface area contributed by atoms with Crippen LogP contribution in [-0.2, 0) is 19.5 Å². The van der Waals surface area contributed by atoms with Crippen molar-refractivity contribution in [2.45, 2.75) is 11.8 Å². The molecule has 10 heteroatoms. The lowest BCUT2D eigenvalue weighted by Crippen LogP contribution is -2.40. The third kappa shape index (κ3) is 6.70. The van der Waals surface area contributed by atoms with E-state index in [1.54, 1.807) is 26.2 Å². The fourth-order valence-electron chi connectivity index (χ4n) is 2.60. The van der Waals surface area contributed by atoms with Gasteiger partial charge < -0.3 is 20.1 Å². The molecule has 1 aliphatic rings. The highest BCUT2D eigenvalue weighted by Gasteiger charge is 2.27. The highest BCUT2D eigenvalue weighted by atomic mass is 35.5. The molecular formula is C17H28ClN3O5S. The van der Waals surface area contributed by atoms with Crippen molar-refractivity contribution in [1.82, 2.24) is 14.9 Å². The van der Waals surface area contributed by atoms with Crippen LogP contribution in [0.2, 0.25) is 0 Å². The average Bonchev–Trinajstić information content (AvgIpc) is 2.65. The molecule has 1 amide bonds. The second-order valence-electron chi connectivity index (χ2n) is 5.99. The summed E-state index contributed by atoms with van der Waals surface area (Å²) in [5.74, 6) is -0.282. The Morgan fingerprint density at radius 2 is 1.93 bits per heavy atom. The molecule has 154 valence electrons. The molecule has 2 rings (SSSR count). The van der Waals surface area contributed by atoms with Crippen molar-refractivity contribution < 1.29 is 22.7 Å². The lowest BCUT2D eigenvalue weighted by molar-refractivity contribution is 0.0730. The fourth-order valence-corrected chi connectivity index (χ4v) is 4.04. The molecule has 0 atom stereocenters. The number of halogens is 1. The maximum absolute atomic E-state index is 12.8. The zero-order chi connectivity index (χ0) is 19.0. The van der Waals surface area contributed by atoms with Crippen molar-refractivity contribution in [2.75, 3.05) is 59.7 Å². The van der Waals surface area contributed by atoms with Gasteiger partial charge in [0.2, 0.25) is 10.0 Å². The summed E-state index contributed by atoms with van der Waals surface area (Å²) in [6.07, 6.45) is 0. The van der Waals surface area contributed by atoms with Crippen LogP contribution in [0.5, 0.6) is 0 Å². The van der Waals surface area contributed by atoms with E-state index < -0.39 is 10.0 Å². The third-order valence-corrected chi connectivity index (χ3v) is 6.03. The van der Waals surface area contributed by atoms with Crippen molar-refractivity contribution >= 4 is 28.3 Å².